The Labute approximate surface area is 113 Å². The van der Waals surface area contributed by atoms with E-state index in [0.717, 1.165) is 32.6 Å². The summed E-state index contributed by atoms with van der Waals surface area (Å²) in [6.45, 7) is 6.86. The standard InChI is InChI=1S/C13H22N4O2/c1-3-9-19-10-5-8-15-12-7-6-11(16-17-12)13(18)14-4-2/h6-7H,3-5,8-10H2,1-2H3,(H,14,18)(H,15,17). The van der Waals surface area contributed by atoms with Crippen LogP contribution in [0.1, 0.15) is 37.2 Å². The van der Waals surface area contributed by atoms with E-state index in [1.54, 1.807) is 12.1 Å². The zero-order valence-corrected chi connectivity index (χ0v) is 11.6. The minimum Gasteiger partial charge on any atom is -0.381 e. The van der Waals surface area contributed by atoms with Crippen molar-refractivity contribution in [3.05, 3.63) is 17.8 Å². The number of nitrogens with zero attached hydrogens (tertiary/aromatic N) is 2. The predicted molar refractivity (Wildman–Crippen MR) is 74.3 cm³/mol. The highest BCUT2D eigenvalue weighted by atomic mass is 16.5. The topological polar surface area (TPSA) is 76.1 Å². The summed E-state index contributed by atoms with van der Waals surface area (Å²) in [5, 5.41) is 13.6. The van der Waals surface area contributed by atoms with Gasteiger partial charge < -0.3 is 15.4 Å². The molecule has 1 heterocycles. The van der Waals surface area contributed by atoms with Gasteiger partial charge in [0.25, 0.3) is 5.91 Å². The normalized spacial score (nSPS) is 10.2. The molecule has 0 unspecified atom stereocenters. The van der Waals surface area contributed by atoms with Crippen LogP contribution in [0.4, 0.5) is 5.82 Å². The molecule has 1 aromatic heterocycles. The van der Waals surface area contributed by atoms with E-state index in [2.05, 4.69) is 27.8 Å². The van der Waals surface area contributed by atoms with E-state index in [-0.39, 0.29) is 5.91 Å². The molecule has 0 atom stereocenters. The molecule has 6 nitrogen and oxygen atoms in total. The van der Waals surface area contributed by atoms with E-state index in [1.165, 1.54) is 0 Å². The number of carbonyl (C=O) groups excluding carboxylic acids is 1. The fraction of sp³-hybridized carbons (Fsp3) is 0.615. The number of anilines is 1. The maximum atomic E-state index is 11.5. The number of hydrogen-bond donors (Lipinski definition) is 2. The Bertz CT molecular complexity index is 367. The third kappa shape index (κ3) is 6.15. The molecule has 1 rings (SSSR count). The number of carbonyl (C=O) groups is 1. The monoisotopic (exact) mass is 266 g/mol. The summed E-state index contributed by atoms with van der Waals surface area (Å²) >= 11 is 0. The van der Waals surface area contributed by atoms with Gasteiger partial charge in [0.15, 0.2) is 5.69 Å². The average Bonchev–Trinajstić information content (AvgIpc) is 2.43. The van der Waals surface area contributed by atoms with Gasteiger partial charge in [-0.1, -0.05) is 6.92 Å². The largest absolute Gasteiger partial charge is 0.381 e. The van der Waals surface area contributed by atoms with Crippen molar-refractivity contribution in [3.8, 4) is 0 Å². The molecule has 0 aliphatic rings. The van der Waals surface area contributed by atoms with Crippen molar-refractivity contribution < 1.29 is 9.53 Å². The lowest BCUT2D eigenvalue weighted by Gasteiger charge is -2.06. The number of ether oxygens (including phenoxy) is 1. The molecular weight excluding hydrogens is 244 g/mol. The van der Waals surface area contributed by atoms with E-state index in [0.29, 0.717) is 18.1 Å². The van der Waals surface area contributed by atoms with Crippen molar-refractivity contribution in [2.75, 3.05) is 31.6 Å². The van der Waals surface area contributed by atoms with Gasteiger partial charge in [-0.15, -0.1) is 10.2 Å². The van der Waals surface area contributed by atoms with Gasteiger partial charge in [0.2, 0.25) is 0 Å². The number of hydrogen-bond acceptors (Lipinski definition) is 5. The maximum Gasteiger partial charge on any atom is 0.271 e. The molecule has 2 N–H and O–H groups in total. The molecule has 19 heavy (non-hydrogen) atoms. The summed E-state index contributed by atoms with van der Waals surface area (Å²) in [4.78, 5) is 11.5. The second-order valence-corrected chi connectivity index (χ2v) is 4.06. The average molecular weight is 266 g/mol. The Kier molecular flexibility index (Phi) is 7.50. The SMILES string of the molecule is CCCOCCCNc1ccc(C(=O)NCC)nn1. The van der Waals surface area contributed by atoms with Crippen LogP contribution in [0.3, 0.4) is 0 Å². The number of amides is 1. The Morgan fingerprint density at radius 3 is 2.74 bits per heavy atom. The first-order valence-corrected chi connectivity index (χ1v) is 6.71. The minimum absolute atomic E-state index is 0.200. The molecule has 1 aromatic rings. The summed E-state index contributed by atoms with van der Waals surface area (Å²) in [5.41, 5.74) is 0.332. The van der Waals surface area contributed by atoms with Crippen molar-refractivity contribution >= 4 is 11.7 Å². The molecule has 0 bridgehead atoms. The van der Waals surface area contributed by atoms with Gasteiger partial charge in [-0.25, -0.2) is 0 Å². The molecule has 1 amide bonds. The van der Waals surface area contributed by atoms with Crippen LogP contribution in [0.5, 0.6) is 0 Å². The van der Waals surface area contributed by atoms with E-state index >= 15 is 0 Å². The Balaban J connectivity index is 2.26. The van der Waals surface area contributed by atoms with Gasteiger partial charge in [0, 0.05) is 26.3 Å². The van der Waals surface area contributed by atoms with Crippen LogP contribution in [-0.4, -0.2) is 42.4 Å². The second kappa shape index (κ2) is 9.27. The van der Waals surface area contributed by atoms with Crippen LogP contribution in [-0.2, 0) is 4.74 Å². The van der Waals surface area contributed by atoms with Crippen LogP contribution in [0.2, 0.25) is 0 Å². The molecule has 0 spiro atoms. The Morgan fingerprint density at radius 2 is 2.11 bits per heavy atom. The van der Waals surface area contributed by atoms with Crippen LogP contribution in [0.25, 0.3) is 0 Å². The fourth-order valence-electron chi connectivity index (χ4n) is 1.44. The van der Waals surface area contributed by atoms with Crippen molar-refractivity contribution in [3.63, 3.8) is 0 Å². The van der Waals surface area contributed by atoms with Crippen LogP contribution < -0.4 is 10.6 Å². The molecule has 0 saturated carbocycles. The summed E-state index contributed by atoms with van der Waals surface area (Å²) in [7, 11) is 0. The molecule has 0 fully saturated rings. The van der Waals surface area contributed by atoms with E-state index in [4.69, 9.17) is 4.74 Å². The smallest absolute Gasteiger partial charge is 0.271 e. The van der Waals surface area contributed by atoms with E-state index < -0.39 is 0 Å². The first-order valence-electron chi connectivity index (χ1n) is 6.71. The van der Waals surface area contributed by atoms with Crippen molar-refractivity contribution in [1.29, 1.82) is 0 Å². The second-order valence-electron chi connectivity index (χ2n) is 4.06. The highest BCUT2D eigenvalue weighted by Gasteiger charge is 2.05. The zero-order valence-electron chi connectivity index (χ0n) is 11.6. The maximum absolute atomic E-state index is 11.5. The molecule has 0 aromatic carbocycles. The molecule has 6 heteroatoms. The third-order valence-corrected chi connectivity index (χ3v) is 2.35. The first kappa shape index (κ1) is 15.4. The van der Waals surface area contributed by atoms with Crippen LogP contribution in [0, 0.1) is 0 Å². The van der Waals surface area contributed by atoms with E-state index in [1.807, 2.05) is 6.92 Å². The molecule has 0 aliphatic heterocycles. The third-order valence-electron chi connectivity index (χ3n) is 2.35. The van der Waals surface area contributed by atoms with Gasteiger partial charge in [-0.2, -0.15) is 0 Å². The van der Waals surface area contributed by atoms with Gasteiger partial charge in [-0.05, 0) is 31.9 Å². The zero-order chi connectivity index (χ0) is 13.9. The Hall–Kier alpha value is -1.69. The summed E-state index contributed by atoms with van der Waals surface area (Å²) in [6, 6.07) is 3.42. The lowest BCUT2D eigenvalue weighted by Crippen LogP contribution is -2.24. The highest BCUT2D eigenvalue weighted by molar-refractivity contribution is 5.92. The molecule has 0 radical (unpaired) electrons. The van der Waals surface area contributed by atoms with Crippen molar-refractivity contribution in [2.45, 2.75) is 26.7 Å². The van der Waals surface area contributed by atoms with Gasteiger partial charge in [-0.3, -0.25) is 4.79 Å². The lowest BCUT2D eigenvalue weighted by molar-refractivity contribution is 0.0950. The number of aromatic nitrogens is 2. The molecule has 106 valence electrons. The summed E-state index contributed by atoms with van der Waals surface area (Å²) in [6.07, 6.45) is 1.96. The van der Waals surface area contributed by atoms with E-state index in [9.17, 15) is 4.79 Å². The molecule has 0 saturated heterocycles. The first-order chi connectivity index (χ1) is 9.27. The van der Waals surface area contributed by atoms with Gasteiger partial charge >= 0.3 is 0 Å². The molecule has 0 aliphatic carbocycles. The minimum atomic E-state index is -0.200. The van der Waals surface area contributed by atoms with Crippen molar-refractivity contribution in [2.24, 2.45) is 0 Å². The van der Waals surface area contributed by atoms with Crippen molar-refractivity contribution in [1.82, 2.24) is 15.5 Å². The van der Waals surface area contributed by atoms with Gasteiger partial charge in [0.1, 0.15) is 5.82 Å². The van der Waals surface area contributed by atoms with Crippen LogP contribution in [0.15, 0.2) is 12.1 Å². The van der Waals surface area contributed by atoms with Crippen LogP contribution >= 0.6 is 0 Å². The van der Waals surface area contributed by atoms with Gasteiger partial charge in [0.05, 0.1) is 0 Å². The highest BCUT2D eigenvalue weighted by Crippen LogP contribution is 2.02. The summed E-state index contributed by atoms with van der Waals surface area (Å²) < 4.78 is 5.37. The number of rotatable bonds is 9. The Morgan fingerprint density at radius 1 is 1.26 bits per heavy atom. The predicted octanol–water partition coefficient (Wildman–Crippen LogP) is 1.45. The fourth-order valence-corrected chi connectivity index (χ4v) is 1.44. The molecular formula is C13H22N4O2. The lowest BCUT2D eigenvalue weighted by atomic mass is 10.3. The summed E-state index contributed by atoms with van der Waals surface area (Å²) in [5.74, 6) is 0.470. The quantitative estimate of drug-likeness (QED) is 0.662. The number of nitrogens with one attached hydrogen (secondary N) is 2.